The molecule has 1 amide bonds. The summed E-state index contributed by atoms with van der Waals surface area (Å²) in [6.45, 7) is -0.333. The van der Waals surface area contributed by atoms with Crippen molar-refractivity contribution in [2.45, 2.75) is 65.7 Å². The van der Waals surface area contributed by atoms with Gasteiger partial charge in [0, 0.05) is 0 Å². The number of aliphatic carboxylic acids is 2. The predicted molar refractivity (Wildman–Crippen MR) is 111 cm³/mol. The van der Waals surface area contributed by atoms with Crippen LogP contribution in [0.25, 0.3) is 0 Å². The molecule has 4 atom stereocenters. The number of carbonyl (C=O) groups excluding carboxylic acids is 3. The van der Waals surface area contributed by atoms with Gasteiger partial charge in [0.15, 0.2) is 12.0 Å². The molecule has 0 radical (unpaired) electrons. The molecule has 1 spiro atoms. The Morgan fingerprint density at radius 1 is 0.917 bits per heavy atom. The number of quaternary nitrogens is 1. The largest absolute Gasteiger partial charge is 0.544 e. The normalized spacial score (nSPS) is 25.5. The highest BCUT2D eigenvalue weighted by atomic mass is 19.4. The van der Waals surface area contributed by atoms with Crippen LogP contribution in [0.2, 0.25) is 0 Å². The van der Waals surface area contributed by atoms with Crippen LogP contribution in [0.5, 0.6) is 0 Å². The van der Waals surface area contributed by atoms with E-state index in [1.807, 2.05) is 0 Å². The molecule has 3 heterocycles. The molecule has 3 aliphatic rings. The van der Waals surface area contributed by atoms with Crippen molar-refractivity contribution < 1.29 is 117 Å². The van der Waals surface area contributed by atoms with Crippen molar-refractivity contribution in [2.24, 2.45) is 16.5 Å². The lowest BCUT2D eigenvalue weighted by Gasteiger charge is -2.45. The summed E-state index contributed by atoms with van der Waals surface area (Å²) in [5.41, 5.74) is 13.1. The van der Waals surface area contributed by atoms with Crippen molar-refractivity contribution in [3.63, 3.8) is 0 Å². The van der Waals surface area contributed by atoms with Gasteiger partial charge in [-0.1, -0.05) is 0 Å². The highest BCUT2D eigenvalue weighted by Crippen LogP contribution is 2.47. The van der Waals surface area contributed by atoms with Crippen LogP contribution in [0.1, 0.15) is 0 Å². The van der Waals surface area contributed by atoms with E-state index in [9.17, 15) is 101 Å². The minimum absolute atomic E-state index is 0.0330. The lowest BCUT2D eigenvalue weighted by molar-refractivity contribution is -0.523. The molecule has 0 unspecified atom stereocenters. The minimum Gasteiger partial charge on any atom is -0.544 e. The average molecular weight is 743 g/mol. The zero-order valence-corrected chi connectivity index (χ0v) is 22.5. The standard InChI is InChI=1S/C10H17N7O5.2C4HF7O2/c11-6-15-5-3(2-22-8(13)19)14-7(12)17-1-4(18)10(20,21)9(5,17)16-6;2*5-2(6,1(12)13)3(7,8)4(9,10)11/h3-5,18,20-21H,1-2H2,(H2,12,14)(H2,13,19)(H3,11,15,16);2*(H,12,13)/t3-,4-,5-,9-;;/m0../s1. The maximum absolute atomic E-state index is 11.7. The summed E-state index contributed by atoms with van der Waals surface area (Å²) in [7, 11) is 0. The number of aliphatic hydroxyl groups is 3. The smallest absolute Gasteiger partial charge is 0.511 e. The second-order valence-corrected chi connectivity index (χ2v) is 9.39. The molecule has 12 N–H and O–H groups in total. The number of ether oxygens (including phenoxy) is 1. The van der Waals surface area contributed by atoms with E-state index in [0.29, 0.717) is 0 Å². The van der Waals surface area contributed by atoms with Crippen LogP contribution < -0.4 is 37.7 Å². The number of carbonyl (C=O) groups is 3. The Kier molecular flexibility index (Phi) is 11.1. The van der Waals surface area contributed by atoms with E-state index in [2.05, 4.69) is 21.0 Å². The fourth-order valence-corrected chi connectivity index (χ4v) is 3.93. The van der Waals surface area contributed by atoms with Crippen molar-refractivity contribution in [3.8, 4) is 0 Å². The number of nitrogens with two attached hydrogens (primary N) is 2. The van der Waals surface area contributed by atoms with Gasteiger partial charge in [-0.2, -0.15) is 66.3 Å². The van der Waals surface area contributed by atoms with E-state index < -0.39 is 83.7 Å². The van der Waals surface area contributed by atoms with Crippen molar-refractivity contribution in [1.29, 1.82) is 0 Å². The lowest BCUT2D eigenvalue weighted by atomic mass is 9.86. The monoisotopic (exact) mass is 743 g/mol. The molecule has 30 heteroatoms. The van der Waals surface area contributed by atoms with Crippen LogP contribution in [0.4, 0.5) is 66.3 Å². The number of guanidine groups is 2. The summed E-state index contributed by atoms with van der Waals surface area (Å²) in [6, 6.07) is -1.55. The molecule has 1 saturated heterocycles. The number of halogens is 14. The van der Waals surface area contributed by atoms with Crippen LogP contribution in [0.3, 0.4) is 0 Å². The average Bonchev–Trinajstić information content (AvgIpc) is 3.35. The van der Waals surface area contributed by atoms with Crippen LogP contribution in [0, 0.1) is 0 Å². The van der Waals surface area contributed by atoms with Crippen LogP contribution in [-0.2, 0) is 14.3 Å². The Balaban J connectivity index is 0.000000386. The van der Waals surface area contributed by atoms with Gasteiger partial charge in [-0.25, -0.2) is 10.3 Å². The van der Waals surface area contributed by atoms with Crippen molar-refractivity contribution in [1.82, 2.24) is 10.2 Å². The van der Waals surface area contributed by atoms with E-state index in [-0.39, 0.29) is 25.1 Å². The second kappa shape index (κ2) is 12.7. The fraction of sp³-hybridized carbons (Fsp3) is 0.722. The van der Waals surface area contributed by atoms with Gasteiger partial charge in [0.2, 0.25) is 0 Å². The molecule has 0 aromatic rings. The van der Waals surface area contributed by atoms with Gasteiger partial charge in [-0.3, -0.25) is 21.4 Å². The molecule has 3 aliphatic heterocycles. The lowest BCUT2D eigenvalue weighted by Crippen LogP contribution is -2.90. The van der Waals surface area contributed by atoms with E-state index in [1.165, 1.54) is 4.90 Å². The molecule has 16 nitrogen and oxygen atoms in total. The zero-order valence-electron chi connectivity index (χ0n) is 22.5. The fourth-order valence-electron chi connectivity index (χ4n) is 3.93. The summed E-state index contributed by atoms with van der Waals surface area (Å²) < 4.78 is 165. The predicted octanol–water partition coefficient (Wildman–Crippen LogP) is -6.38. The van der Waals surface area contributed by atoms with E-state index in [4.69, 9.17) is 16.2 Å². The van der Waals surface area contributed by atoms with Crippen LogP contribution >= 0.6 is 0 Å². The molecule has 0 aromatic heterocycles. The number of aliphatic hydroxyl groups excluding tert-OH is 1. The van der Waals surface area contributed by atoms with Gasteiger partial charge in [0.05, 0.1) is 6.54 Å². The number of hydrogen-bond acceptors (Lipinski definition) is 14. The molecule has 3 rings (SSSR count). The Labute approximate surface area is 253 Å². The first-order valence-electron chi connectivity index (χ1n) is 11.6. The number of rotatable bonds is 6. The maximum Gasteiger partial charge on any atom is 0.511 e. The van der Waals surface area contributed by atoms with Crippen molar-refractivity contribution >= 4 is 30.0 Å². The van der Waals surface area contributed by atoms with Gasteiger partial charge in [0.1, 0.15) is 30.7 Å². The summed E-state index contributed by atoms with van der Waals surface area (Å²) in [5.74, 6) is -35.9. The molecule has 278 valence electrons. The highest BCUT2D eigenvalue weighted by Gasteiger charge is 2.77. The van der Waals surface area contributed by atoms with Crippen LogP contribution in [-0.4, -0.2) is 129 Å². The number of alkyl halides is 14. The van der Waals surface area contributed by atoms with E-state index >= 15 is 0 Å². The number of amides is 1. The Hall–Kier alpha value is -4.19. The third kappa shape index (κ3) is 6.85. The maximum atomic E-state index is 11.7. The third-order valence-corrected chi connectivity index (χ3v) is 6.28. The summed E-state index contributed by atoms with van der Waals surface area (Å²) in [5, 5.41) is 52.1. The van der Waals surface area contributed by atoms with Gasteiger partial charge < -0.3 is 45.6 Å². The minimum atomic E-state index is -6.64. The topological polar surface area (TPSA) is 289 Å². The Morgan fingerprint density at radius 3 is 1.62 bits per heavy atom. The molecule has 0 aliphatic carbocycles. The molecule has 0 bridgehead atoms. The number of carboxylic acids is 2. The molecule has 48 heavy (non-hydrogen) atoms. The first-order valence-corrected chi connectivity index (χ1v) is 11.6. The molecule has 1 fully saturated rings. The molecular formula is C18H19F14N7O9. The van der Waals surface area contributed by atoms with E-state index in [1.54, 1.807) is 0 Å². The first kappa shape index (κ1) is 41.8. The molecular weight excluding hydrogens is 724 g/mol. The van der Waals surface area contributed by atoms with Gasteiger partial charge in [-0.05, 0) is 0 Å². The summed E-state index contributed by atoms with van der Waals surface area (Å²) >= 11 is 0. The van der Waals surface area contributed by atoms with Crippen molar-refractivity contribution in [2.75, 3.05) is 13.2 Å². The number of nitrogens with zero attached hydrogens (tertiary/aromatic N) is 2. The SMILES string of the molecule is NC1=N[C@@H](COC([NH3+])=O)[C@@H]2[NH+]=C(N)N[C@]23N1C[C@H](O)C3(O)O.O=C([O-])C(F)(F)C(F)(F)C(F)(F)F.O=C([O-])C(F)(F)C(F)(F)C(F)(F)F. The zero-order chi connectivity index (χ0) is 38.4. The highest BCUT2D eigenvalue weighted by molar-refractivity contribution is 5.84. The van der Waals surface area contributed by atoms with E-state index in [0.717, 1.165) is 0 Å². The number of carboxylic acid groups (broad SMARTS) is 2. The Morgan fingerprint density at radius 2 is 1.31 bits per heavy atom. The van der Waals surface area contributed by atoms with Gasteiger partial charge in [0.25, 0.3) is 11.4 Å². The number of nitrogens with one attached hydrogen (secondary N) is 2. The number of hydrogen-bond donors (Lipinski definition) is 8. The van der Waals surface area contributed by atoms with Gasteiger partial charge >= 0.3 is 48.1 Å². The first-order chi connectivity index (χ1) is 21.1. The second-order valence-electron chi connectivity index (χ2n) is 9.39. The molecule has 0 saturated carbocycles. The van der Waals surface area contributed by atoms with Gasteiger partial charge in [-0.15, -0.1) is 0 Å². The molecule has 0 aromatic carbocycles. The Bertz CT molecular complexity index is 1280. The quantitative estimate of drug-likeness (QED) is 0.0930. The summed E-state index contributed by atoms with van der Waals surface area (Å²) in [6.07, 6.45) is -15.5. The van der Waals surface area contributed by atoms with Crippen LogP contribution in [0.15, 0.2) is 4.99 Å². The number of aliphatic imine (C=N–C) groups is 1. The summed E-state index contributed by atoms with van der Waals surface area (Å²) in [4.78, 5) is 37.8. The van der Waals surface area contributed by atoms with Crippen molar-refractivity contribution in [3.05, 3.63) is 0 Å². The third-order valence-electron chi connectivity index (χ3n) is 6.28.